The molecular formula is C22H18BrFN2O2. The van der Waals surface area contributed by atoms with Crippen LogP contribution in [-0.4, -0.2) is 24.5 Å². The van der Waals surface area contributed by atoms with Gasteiger partial charge in [-0.05, 0) is 52.9 Å². The van der Waals surface area contributed by atoms with Crippen LogP contribution in [0.3, 0.4) is 0 Å². The van der Waals surface area contributed by atoms with Gasteiger partial charge in [-0.3, -0.25) is 9.78 Å². The average Bonchev–Trinajstić information content (AvgIpc) is 2.89. The van der Waals surface area contributed by atoms with Crippen molar-refractivity contribution in [2.45, 2.75) is 18.3 Å². The van der Waals surface area contributed by atoms with E-state index in [4.69, 9.17) is 4.74 Å². The van der Waals surface area contributed by atoms with Crippen molar-refractivity contribution < 1.29 is 13.9 Å². The molecule has 1 amide bonds. The molecule has 1 fully saturated rings. The van der Waals surface area contributed by atoms with Gasteiger partial charge < -0.3 is 9.64 Å². The zero-order chi connectivity index (χ0) is 19.5. The molecule has 5 rings (SSSR count). The molecule has 142 valence electrons. The molecule has 2 aliphatic rings. The molecule has 0 radical (unpaired) electrons. The number of nitrogens with zero attached hydrogens (tertiary/aromatic N) is 2. The van der Waals surface area contributed by atoms with Crippen molar-refractivity contribution in [2.24, 2.45) is 5.92 Å². The fraction of sp³-hybridized carbons (Fsp3) is 0.273. The number of para-hydroxylation sites is 1. The summed E-state index contributed by atoms with van der Waals surface area (Å²) in [5, 5.41) is 0.839. The van der Waals surface area contributed by atoms with Crippen LogP contribution in [0.4, 0.5) is 10.1 Å². The van der Waals surface area contributed by atoms with E-state index in [1.54, 1.807) is 24.2 Å². The summed E-state index contributed by atoms with van der Waals surface area (Å²) in [5.41, 5.74) is 1.80. The van der Waals surface area contributed by atoms with Gasteiger partial charge in [0.15, 0.2) is 0 Å². The Hall–Kier alpha value is -2.47. The van der Waals surface area contributed by atoms with E-state index in [9.17, 15) is 9.18 Å². The van der Waals surface area contributed by atoms with Crippen molar-refractivity contribution in [2.75, 3.05) is 18.6 Å². The monoisotopic (exact) mass is 440 g/mol. The summed E-state index contributed by atoms with van der Waals surface area (Å²) in [6, 6.07) is 12.9. The maximum atomic E-state index is 14.0. The topological polar surface area (TPSA) is 42.4 Å². The lowest BCUT2D eigenvalue weighted by Gasteiger charge is -2.44. The van der Waals surface area contributed by atoms with Gasteiger partial charge in [-0.25, -0.2) is 4.39 Å². The first-order valence-electron chi connectivity index (χ1n) is 9.24. The summed E-state index contributed by atoms with van der Waals surface area (Å²) in [4.78, 5) is 19.2. The molecule has 1 aromatic heterocycles. The van der Waals surface area contributed by atoms with Crippen LogP contribution in [0.25, 0.3) is 10.9 Å². The Bertz CT molecular complexity index is 1100. The number of hydrogen-bond donors (Lipinski definition) is 0. The fourth-order valence-corrected chi connectivity index (χ4v) is 4.97. The Kier molecular flexibility index (Phi) is 3.95. The Morgan fingerprint density at radius 1 is 1.29 bits per heavy atom. The summed E-state index contributed by atoms with van der Waals surface area (Å²) in [6.07, 6.45) is 3.14. The molecule has 1 aliphatic carbocycles. The standard InChI is InChI=1S/C22H18BrFN2O2/c1-26-19-11-25-18-8-17(24)16(23)7-15(18)20(19)22(21(26)27)9-13(10-22)12-28-14-5-3-2-4-6-14/h2-8,11,13H,9-10,12H2,1H3. The van der Waals surface area contributed by atoms with Crippen molar-refractivity contribution in [1.29, 1.82) is 0 Å². The van der Waals surface area contributed by atoms with Crippen LogP contribution in [-0.2, 0) is 10.2 Å². The molecule has 1 aliphatic heterocycles. The third-order valence-electron chi connectivity index (χ3n) is 5.95. The normalized spacial score (nSPS) is 23.2. The number of amides is 1. The molecule has 0 N–H and O–H groups in total. The molecule has 1 saturated carbocycles. The average molecular weight is 441 g/mol. The maximum Gasteiger partial charge on any atom is 0.237 e. The van der Waals surface area contributed by atoms with Crippen molar-refractivity contribution in [1.82, 2.24) is 4.98 Å². The molecule has 6 heteroatoms. The first-order valence-corrected chi connectivity index (χ1v) is 10.0. The summed E-state index contributed by atoms with van der Waals surface area (Å²) >= 11 is 3.27. The van der Waals surface area contributed by atoms with Crippen LogP contribution in [0.2, 0.25) is 0 Å². The van der Waals surface area contributed by atoms with Gasteiger partial charge in [0.25, 0.3) is 0 Å². The van der Waals surface area contributed by atoms with Crippen LogP contribution < -0.4 is 9.64 Å². The number of hydrogen-bond acceptors (Lipinski definition) is 3. The lowest BCUT2D eigenvalue weighted by atomic mass is 9.59. The second-order valence-corrected chi connectivity index (χ2v) is 8.50. The largest absolute Gasteiger partial charge is 0.493 e. The number of likely N-dealkylation sites (N-methyl/N-ethyl adjacent to an activating group) is 1. The highest BCUT2D eigenvalue weighted by atomic mass is 79.9. The minimum absolute atomic E-state index is 0.0909. The number of ether oxygens (including phenoxy) is 1. The van der Waals surface area contributed by atoms with E-state index in [0.717, 1.165) is 35.2 Å². The fourth-order valence-electron chi connectivity index (χ4n) is 4.62. The van der Waals surface area contributed by atoms with E-state index in [-0.39, 0.29) is 11.7 Å². The van der Waals surface area contributed by atoms with E-state index in [1.165, 1.54) is 6.07 Å². The third kappa shape index (κ3) is 2.47. The lowest BCUT2D eigenvalue weighted by molar-refractivity contribution is -0.128. The Morgan fingerprint density at radius 2 is 2.04 bits per heavy atom. The minimum atomic E-state index is -0.562. The maximum absolute atomic E-state index is 14.0. The number of benzene rings is 2. The molecule has 2 heterocycles. The highest BCUT2D eigenvalue weighted by molar-refractivity contribution is 9.10. The zero-order valence-corrected chi connectivity index (χ0v) is 16.9. The van der Waals surface area contributed by atoms with Gasteiger partial charge in [-0.1, -0.05) is 18.2 Å². The van der Waals surface area contributed by atoms with E-state index >= 15 is 0 Å². The molecule has 4 nitrogen and oxygen atoms in total. The Morgan fingerprint density at radius 3 is 2.79 bits per heavy atom. The zero-order valence-electron chi connectivity index (χ0n) is 15.3. The molecule has 0 atom stereocenters. The SMILES string of the molecule is CN1C(=O)C2(CC(COc3ccccc3)C2)c2c1cnc1cc(F)c(Br)cc21. The first kappa shape index (κ1) is 17.6. The number of aromatic nitrogens is 1. The van der Waals surface area contributed by atoms with Crippen molar-refractivity contribution in [3.05, 3.63) is 64.5 Å². The van der Waals surface area contributed by atoms with Crippen molar-refractivity contribution >= 4 is 38.4 Å². The van der Waals surface area contributed by atoms with Crippen molar-refractivity contribution in [3.63, 3.8) is 0 Å². The van der Waals surface area contributed by atoms with Crippen LogP contribution in [0.1, 0.15) is 18.4 Å². The summed E-state index contributed by atoms with van der Waals surface area (Å²) < 4.78 is 20.3. The minimum Gasteiger partial charge on any atom is -0.493 e. The second kappa shape index (κ2) is 6.27. The smallest absolute Gasteiger partial charge is 0.237 e. The molecule has 2 aromatic carbocycles. The summed E-state index contributed by atoms with van der Waals surface area (Å²) in [6.45, 7) is 0.583. The van der Waals surface area contributed by atoms with Gasteiger partial charge in [-0.2, -0.15) is 0 Å². The Balaban J connectivity index is 1.48. The first-order chi connectivity index (χ1) is 13.5. The number of fused-ring (bicyclic) bond motifs is 4. The second-order valence-electron chi connectivity index (χ2n) is 7.65. The van der Waals surface area contributed by atoms with Gasteiger partial charge in [0.05, 0.1) is 33.9 Å². The van der Waals surface area contributed by atoms with Crippen LogP contribution in [0, 0.1) is 11.7 Å². The van der Waals surface area contributed by atoms with E-state index in [2.05, 4.69) is 20.9 Å². The predicted molar refractivity (Wildman–Crippen MR) is 109 cm³/mol. The van der Waals surface area contributed by atoms with E-state index in [1.807, 2.05) is 30.3 Å². The molecule has 1 spiro atoms. The van der Waals surface area contributed by atoms with Crippen LogP contribution in [0.5, 0.6) is 5.75 Å². The van der Waals surface area contributed by atoms with Crippen LogP contribution >= 0.6 is 15.9 Å². The van der Waals surface area contributed by atoms with Crippen LogP contribution in [0.15, 0.2) is 53.1 Å². The summed E-state index contributed by atoms with van der Waals surface area (Å²) in [7, 11) is 1.79. The van der Waals surface area contributed by atoms with Gasteiger partial charge in [0, 0.05) is 24.1 Å². The number of carbonyl (C=O) groups is 1. The van der Waals surface area contributed by atoms with E-state index in [0.29, 0.717) is 22.5 Å². The molecule has 3 aromatic rings. The quantitative estimate of drug-likeness (QED) is 0.584. The van der Waals surface area contributed by atoms with Crippen molar-refractivity contribution in [3.8, 4) is 5.75 Å². The Labute approximate surface area is 170 Å². The number of pyridine rings is 1. The van der Waals surface area contributed by atoms with Gasteiger partial charge in [0.2, 0.25) is 5.91 Å². The number of carbonyl (C=O) groups excluding carboxylic acids is 1. The molecule has 0 bridgehead atoms. The molecule has 28 heavy (non-hydrogen) atoms. The number of anilines is 1. The third-order valence-corrected chi connectivity index (χ3v) is 6.55. The predicted octanol–water partition coefficient (Wildman–Crippen LogP) is 4.84. The molecule has 0 unspecified atom stereocenters. The molecule has 0 saturated heterocycles. The highest BCUT2D eigenvalue weighted by Crippen LogP contribution is 2.57. The highest BCUT2D eigenvalue weighted by Gasteiger charge is 2.58. The number of rotatable bonds is 3. The van der Waals surface area contributed by atoms with Gasteiger partial charge >= 0.3 is 0 Å². The lowest BCUT2D eigenvalue weighted by Crippen LogP contribution is -2.50. The summed E-state index contributed by atoms with van der Waals surface area (Å²) in [5.74, 6) is 0.881. The van der Waals surface area contributed by atoms with Gasteiger partial charge in [0.1, 0.15) is 11.6 Å². The van der Waals surface area contributed by atoms with Gasteiger partial charge in [-0.15, -0.1) is 0 Å². The molecular weight excluding hydrogens is 423 g/mol. The van der Waals surface area contributed by atoms with E-state index < -0.39 is 5.41 Å². The number of halogens is 2.